The molecular formula is C17H18N2O2S. The molecule has 1 aromatic heterocycles. The molecule has 1 aliphatic heterocycles. The fourth-order valence-electron chi connectivity index (χ4n) is 2.95. The van der Waals surface area contributed by atoms with E-state index in [4.69, 9.17) is 4.42 Å². The molecule has 22 heavy (non-hydrogen) atoms. The van der Waals surface area contributed by atoms with Gasteiger partial charge in [0, 0.05) is 16.7 Å². The molecule has 0 spiro atoms. The van der Waals surface area contributed by atoms with E-state index in [0.29, 0.717) is 17.9 Å². The van der Waals surface area contributed by atoms with E-state index in [1.54, 1.807) is 11.8 Å². The van der Waals surface area contributed by atoms with Crippen molar-refractivity contribution in [1.82, 2.24) is 5.32 Å². The number of hydrogen-bond donors (Lipinski definition) is 1. The Morgan fingerprint density at radius 1 is 1.36 bits per heavy atom. The van der Waals surface area contributed by atoms with Crippen molar-refractivity contribution in [3.63, 3.8) is 0 Å². The Balaban J connectivity index is 2.02. The highest BCUT2D eigenvalue weighted by atomic mass is 32.2. The highest BCUT2D eigenvalue weighted by Crippen LogP contribution is 2.32. The number of fused-ring (bicyclic) bond motifs is 1. The molecule has 0 bridgehead atoms. The van der Waals surface area contributed by atoms with Crippen LogP contribution >= 0.6 is 11.8 Å². The first-order chi connectivity index (χ1) is 10.5. The molecule has 1 saturated heterocycles. The van der Waals surface area contributed by atoms with Gasteiger partial charge < -0.3 is 9.73 Å². The maximum Gasteiger partial charge on any atom is 0.288 e. The number of aryl methyl sites for hydroxylation is 3. The number of carbonyl (C=O) groups excluding carboxylic acids is 1. The lowest BCUT2D eigenvalue weighted by atomic mass is 10.0. The number of thioether (sulfide) groups is 1. The highest BCUT2D eigenvalue weighted by Gasteiger charge is 2.37. The minimum absolute atomic E-state index is 0.295. The van der Waals surface area contributed by atoms with Crippen molar-refractivity contribution in [1.29, 1.82) is 5.26 Å². The molecule has 2 aromatic rings. The first kappa shape index (κ1) is 15.0. The Labute approximate surface area is 133 Å². The standard InChI is InChI=1S/C17H18N2O2S/c1-10-4-5-11(2)14-13(10)12(3)15(21-14)16(20)19-17(8-18)6-7-22-9-17/h4-5H,6-7,9H2,1-3H3,(H,19,20)/t17-/m1/s1. The van der Waals surface area contributed by atoms with Crippen LogP contribution in [0.3, 0.4) is 0 Å². The van der Waals surface area contributed by atoms with Gasteiger partial charge in [-0.1, -0.05) is 12.1 Å². The third-order valence-electron chi connectivity index (χ3n) is 4.28. The Kier molecular flexibility index (Phi) is 3.65. The van der Waals surface area contributed by atoms with Gasteiger partial charge in [-0.25, -0.2) is 0 Å². The van der Waals surface area contributed by atoms with Gasteiger partial charge in [-0.05, 0) is 44.1 Å². The van der Waals surface area contributed by atoms with E-state index in [1.165, 1.54) is 0 Å². The lowest BCUT2D eigenvalue weighted by molar-refractivity contribution is 0.0899. The van der Waals surface area contributed by atoms with Crippen molar-refractivity contribution >= 4 is 28.6 Å². The van der Waals surface area contributed by atoms with Gasteiger partial charge in [0.15, 0.2) is 5.76 Å². The van der Waals surface area contributed by atoms with Crippen LogP contribution < -0.4 is 5.32 Å². The summed E-state index contributed by atoms with van der Waals surface area (Å²) in [5, 5.41) is 13.3. The molecule has 5 heteroatoms. The third kappa shape index (κ3) is 2.28. The number of carbonyl (C=O) groups is 1. The average Bonchev–Trinajstić information content (AvgIpc) is 3.09. The van der Waals surface area contributed by atoms with Gasteiger partial charge in [-0.3, -0.25) is 4.79 Å². The van der Waals surface area contributed by atoms with Gasteiger partial charge in [0.1, 0.15) is 11.1 Å². The molecule has 0 saturated carbocycles. The van der Waals surface area contributed by atoms with Gasteiger partial charge >= 0.3 is 0 Å². The SMILES string of the molecule is Cc1ccc(C)c2c(C)c(C(=O)N[C@@]3(C#N)CCSC3)oc12. The van der Waals surface area contributed by atoms with Crippen molar-refractivity contribution in [3.05, 3.63) is 34.6 Å². The lowest BCUT2D eigenvalue weighted by Crippen LogP contribution is -2.47. The van der Waals surface area contributed by atoms with Crippen molar-refractivity contribution in [2.45, 2.75) is 32.7 Å². The maximum atomic E-state index is 12.6. The normalized spacial score (nSPS) is 21.0. The van der Waals surface area contributed by atoms with E-state index in [9.17, 15) is 10.1 Å². The summed E-state index contributed by atoms with van der Waals surface area (Å²) >= 11 is 1.69. The van der Waals surface area contributed by atoms with E-state index in [-0.39, 0.29) is 5.91 Å². The molecule has 0 aliphatic carbocycles. The monoisotopic (exact) mass is 314 g/mol. The van der Waals surface area contributed by atoms with Gasteiger partial charge in [0.05, 0.1) is 6.07 Å². The number of rotatable bonds is 2. The summed E-state index contributed by atoms with van der Waals surface area (Å²) in [7, 11) is 0. The second-order valence-electron chi connectivity index (χ2n) is 5.91. The van der Waals surface area contributed by atoms with Gasteiger partial charge in [0.25, 0.3) is 5.91 Å². The van der Waals surface area contributed by atoms with E-state index in [1.807, 2.05) is 32.9 Å². The number of furan rings is 1. The van der Waals surface area contributed by atoms with Crippen LogP contribution in [-0.4, -0.2) is 23.0 Å². The highest BCUT2D eigenvalue weighted by molar-refractivity contribution is 7.99. The summed E-state index contributed by atoms with van der Waals surface area (Å²) in [4.78, 5) is 12.6. The molecule has 4 nitrogen and oxygen atoms in total. The van der Waals surface area contributed by atoms with Crippen molar-refractivity contribution < 1.29 is 9.21 Å². The second kappa shape index (κ2) is 5.36. The van der Waals surface area contributed by atoms with Crippen molar-refractivity contribution in [2.24, 2.45) is 0 Å². The molecule has 114 valence electrons. The van der Waals surface area contributed by atoms with Crippen molar-refractivity contribution in [3.8, 4) is 6.07 Å². The molecule has 3 rings (SSSR count). The second-order valence-corrected chi connectivity index (χ2v) is 7.02. The van der Waals surface area contributed by atoms with E-state index >= 15 is 0 Å². The van der Waals surface area contributed by atoms with Crippen LogP contribution in [0.1, 0.15) is 33.7 Å². The predicted octanol–water partition coefficient (Wildman–Crippen LogP) is 3.49. The minimum atomic E-state index is -0.767. The Morgan fingerprint density at radius 3 is 2.68 bits per heavy atom. The van der Waals surface area contributed by atoms with E-state index in [0.717, 1.165) is 33.4 Å². The Bertz CT molecular complexity index is 795. The van der Waals surface area contributed by atoms with Crippen LogP contribution in [0, 0.1) is 32.1 Å². The molecular weight excluding hydrogens is 296 g/mol. The van der Waals surface area contributed by atoms with Crippen LogP contribution in [0.15, 0.2) is 16.5 Å². The zero-order chi connectivity index (χ0) is 15.9. The van der Waals surface area contributed by atoms with Gasteiger partial charge in [-0.15, -0.1) is 0 Å². The van der Waals surface area contributed by atoms with Crippen molar-refractivity contribution in [2.75, 3.05) is 11.5 Å². The van der Waals surface area contributed by atoms with Crippen LogP contribution in [-0.2, 0) is 0 Å². The summed E-state index contributed by atoms with van der Waals surface area (Å²) in [6, 6.07) is 6.29. The summed E-state index contributed by atoms with van der Waals surface area (Å²) in [6.45, 7) is 5.88. The summed E-state index contributed by atoms with van der Waals surface area (Å²) in [6.07, 6.45) is 0.678. The number of amides is 1. The number of nitriles is 1. The number of nitrogens with zero attached hydrogens (tertiary/aromatic N) is 1. The largest absolute Gasteiger partial charge is 0.450 e. The van der Waals surface area contributed by atoms with E-state index < -0.39 is 5.54 Å². The molecule has 1 N–H and O–H groups in total. The van der Waals surface area contributed by atoms with Crippen LogP contribution in [0.4, 0.5) is 0 Å². The molecule has 1 aliphatic rings. The molecule has 0 radical (unpaired) electrons. The Morgan fingerprint density at radius 2 is 2.09 bits per heavy atom. The maximum absolute atomic E-state index is 12.6. The zero-order valence-electron chi connectivity index (χ0n) is 12.9. The van der Waals surface area contributed by atoms with E-state index in [2.05, 4.69) is 11.4 Å². The average molecular weight is 314 g/mol. The Hall–Kier alpha value is -1.93. The summed E-state index contributed by atoms with van der Waals surface area (Å²) in [5.41, 5.74) is 2.93. The molecule has 1 amide bonds. The fourth-order valence-corrected chi connectivity index (χ4v) is 4.21. The molecule has 1 fully saturated rings. The topological polar surface area (TPSA) is 66.0 Å². The first-order valence-corrected chi connectivity index (χ1v) is 8.44. The number of benzene rings is 1. The predicted molar refractivity (Wildman–Crippen MR) is 88.2 cm³/mol. The fraction of sp³-hybridized carbons (Fsp3) is 0.412. The van der Waals surface area contributed by atoms with Gasteiger partial charge in [-0.2, -0.15) is 17.0 Å². The van der Waals surface area contributed by atoms with Crippen LogP contribution in [0.2, 0.25) is 0 Å². The molecule has 1 aromatic carbocycles. The summed E-state index contributed by atoms with van der Waals surface area (Å²) < 4.78 is 5.84. The quantitative estimate of drug-likeness (QED) is 0.921. The smallest absolute Gasteiger partial charge is 0.288 e. The van der Waals surface area contributed by atoms with Crippen LogP contribution in [0.5, 0.6) is 0 Å². The summed E-state index contributed by atoms with van der Waals surface area (Å²) in [5.74, 6) is 1.55. The van der Waals surface area contributed by atoms with Gasteiger partial charge in [0.2, 0.25) is 0 Å². The third-order valence-corrected chi connectivity index (χ3v) is 5.47. The molecule has 0 unspecified atom stereocenters. The molecule has 2 heterocycles. The first-order valence-electron chi connectivity index (χ1n) is 7.28. The van der Waals surface area contributed by atoms with Crippen LogP contribution in [0.25, 0.3) is 11.0 Å². The molecule has 1 atom stereocenters. The minimum Gasteiger partial charge on any atom is -0.450 e. The lowest BCUT2D eigenvalue weighted by Gasteiger charge is -2.20. The zero-order valence-corrected chi connectivity index (χ0v) is 13.8. The number of hydrogen-bond acceptors (Lipinski definition) is 4. The number of nitrogens with one attached hydrogen (secondary N) is 1.